The fourth-order valence-electron chi connectivity index (χ4n) is 6.18. The standard InChI is InChI=1S/C35H37N3O6/c1-3-8-30(39)28-20-37(29-12-5-4-11-26(28)29)21-34(41)38-15-13-23-18-32-31(42-2)19-27(23)35(38)24-9-6-10-25(17-24)43-16-7-14-36-33(40)22-44-32/h4-6,9-12,17-20,35H,3,7-8,13-16,21-22H2,1-2H3,(H,36,40). The van der Waals surface area contributed by atoms with Gasteiger partial charge < -0.3 is 29.0 Å². The van der Waals surface area contributed by atoms with Crippen molar-refractivity contribution in [3.63, 3.8) is 0 Å². The predicted molar refractivity (Wildman–Crippen MR) is 166 cm³/mol. The Labute approximate surface area is 256 Å². The summed E-state index contributed by atoms with van der Waals surface area (Å²) in [5.41, 5.74) is 4.38. The number of fused-ring (bicyclic) bond motifs is 9. The lowest BCUT2D eigenvalue weighted by atomic mass is 9.87. The number of carbonyl (C=O) groups is 3. The molecule has 0 spiro atoms. The monoisotopic (exact) mass is 595 g/mol. The Hall–Kier alpha value is -4.79. The highest BCUT2D eigenvalue weighted by Crippen LogP contribution is 2.42. The van der Waals surface area contributed by atoms with Gasteiger partial charge in [0.2, 0.25) is 5.91 Å². The van der Waals surface area contributed by atoms with Crippen molar-refractivity contribution in [2.75, 3.05) is 33.4 Å². The molecule has 3 aromatic carbocycles. The van der Waals surface area contributed by atoms with Gasteiger partial charge in [0.1, 0.15) is 12.3 Å². The summed E-state index contributed by atoms with van der Waals surface area (Å²) >= 11 is 0. The minimum atomic E-state index is -0.406. The van der Waals surface area contributed by atoms with Crippen LogP contribution in [0.2, 0.25) is 0 Å². The van der Waals surface area contributed by atoms with E-state index in [1.54, 1.807) is 7.11 Å². The summed E-state index contributed by atoms with van der Waals surface area (Å²) in [6.07, 6.45) is 4.29. The molecule has 0 saturated heterocycles. The highest BCUT2D eigenvalue weighted by molar-refractivity contribution is 6.08. The maximum atomic E-state index is 14.3. The number of Topliss-reactive ketones (excluding diaryl/α,β-unsaturated/α-hetero) is 1. The summed E-state index contributed by atoms with van der Waals surface area (Å²) < 4.78 is 19.5. The van der Waals surface area contributed by atoms with Crippen LogP contribution < -0.4 is 19.5 Å². The SMILES string of the molecule is CCCC(=O)c1cn(CC(=O)N2CCc3cc4c(OC)cc3C2c2cccc(c2)OCCCNC(=O)CO4)c2ccccc12. The van der Waals surface area contributed by atoms with Crippen molar-refractivity contribution in [1.29, 1.82) is 0 Å². The maximum Gasteiger partial charge on any atom is 0.257 e. The van der Waals surface area contributed by atoms with Crippen LogP contribution in [-0.2, 0) is 22.6 Å². The molecule has 2 amide bonds. The van der Waals surface area contributed by atoms with Gasteiger partial charge in [0.15, 0.2) is 23.9 Å². The molecule has 6 bridgehead atoms. The van der Waals surface area contributed by atoms with E-state index >= 15 is 0 Å². The number of hydrogen-bond donors (Lipinski definition) is 1. The van der Waals surface area contributed by atoms with Gasteiger partial charge in [0.25, 0.3) is 5.91 Å². The summed E-state index contributed by atoms with van der Waals surface area (Å²) in [7, 11) is 1.57. The molecule has 9 nitrogen and oxygen atoms in total. The number of aromatic nitrogens is 1. The van der Waals surface area contributed by atoms with Gasteiger partial charge in [0, 0.05) is 42.2 Å². The van der Waals surface area contributed by atoms with Gasteiger partial charge in [-0.25, -0.2) is 0 Å². The van der Waals surface area contributed by atoms with Gasteiger partial charge in [-0.05, 0) is 66.3 Å². The lowest BCUT2D eigenvalue weighted by molar-refractivity contribution is -0.134. The van der Waals surface area contributed by atoms with Crippen LogP contribution >= 0.6 is 0 Å². The van der Waals surface area contributed by atoms with E-state index in [1.807, 2.05) is 83.3 Å². The second-order valence-electron chi connectivity index (χ2n) is 11.2. The van der Waals surface area contributed by atoms with Gasteiger partial charge >= 0.3 is 0 Å². The van der Waals surface area contributed by atoms with E-state index in [0.29, 0.717) is 61.8 Å². The largest absolute Gasteiger partial charge is 0.494 e. The molecular formula is C35H37N3O6. The van der Waals surface area contributed by atoms with Crippen molar-refractivity contribution in [3.05, 3.63) is 89.1 Å². The van der Waals surface area contributed by atoms with E-state index in [1.165, 1.54) is 0 Å². The van der Waals surface area contributed by atoms with Crippen LogP contribution in [0.1, 0.15) is 59.3 Å². The molecule has 228 valence electrons. The Morgan fingerprint density at radius 1 is 1.07 bits per heavy atom. The molecule has 1 N–H and O–H groups in total. The molecule has 1 unspecified atom stereocenters. The average Bonchev–Trinajstić information content (AvgIpc) is 3.40. The lowest BCUT2D eigenvalue weighted by Crippen LogP contribution is -2.42. The van der Waals surface area contributed by atoms with Crippen LogP contribution in [0.5, 0.6) is 17.2 Å². The molecule has 9 heteroatoms. The summed E-state index contributed by atoms with van der Waals surface area (Å²) in [6.45, 7) is 3.34. The number of hydrogen-bond acceptors (Lipinski definition) is 6. The molecule has 44 heavy (non-hydrogen) atoms. The van der Waals surface area contributed by atoms with Crippen molar-refractivity contribution < 1.29 is 28.6 Å². The second kappa shape index (κ2) is 12.8. The fraction of sp³-hybridized carbons (Fsp3) is 0.343. The number of carbonyl (C=O) groups excluding carboxylic acids is 3. The highest BCUT2D eigenvalue weighted by Gasteiger charge is 2.34. The molecule has 3 aliphatic rings. The second-order valence-corrected chi connectivity index (χ2v) is 11.2. The number of para-hydroxylation sites is 1. The summed E-state index contributed by atoms with van der Waals surface area (Å²) in [5, 5.41) is 3.72. The van der Waals surface area contributed by atoms with Crippen LogP contribution in [0, 0.1) is 0 Å². The van der Waals surface area contributed by atoms with Gasteiger partial charge in [-0.3, -0.25) is 14.4 Å². The number of ketones is 1. The molecule has 7 rings (SSSR count). The number of amides is 2. The zero-order valence-electron chi connectivity index (χ0n) is 25.1. The first-order valence-electron chi connectivity index (χ1n) is 15.2. The van der Waals surface area contributed by atoms with E-state index < -0.39 is 6.04 Å². The van der Waals surface area contributed by atoms with Crippen molar-refractivity contribution >= 4 is 28.5 Å². The third-order valence-electron chi connectivity index (χ3n) is 8.29. The van der Waals surface area contributed by atoms with Gasteiger partial charge in [0.05, 0.1) is 19.8 Å². The van der Waals surface area contributed by atoms with Crippen molar-refractivity contribution in [1.82, 2.24) is 14.8 Å². The summed E-state index contributed by atoms with van der Waals surface area (Å²) in [5.74, 6) is 1.48. The van der Waals surface area contributed by atoms with Crippen LogP contribution in [-0.4, -0.2) is 60.5 Å². The zero-order valence-corrected chi connectivity index (χ0v) is 25.1. The molecule has 3 aliphatic heterocycles. The van der Waals surface area contributed by atoms with Crippen molar-refractivity contribution in [2.24, 2.45) is 0 Å². The van der Waals surface area contributed by atoms with E-state index in [2.05, 4.69) is 5.32 Å². The average molecular weight is 596 g/mol. The third-order valence-corrected chi connectivity index (χ3v) is 8.29. The van der Waals surface area contributed by atoms with Gasteiger partial charge in [-0.1, -0.05) is 37.3 Å². The van der Waals surface area contributed by atoms with Crippen LogP contribution in [0.25, 0.3) is 10.9 Å². The third kappa shape index (κ3) is 5.86. The van der Waals surface area contributed by atoms with E-state index in [9.17, 15) is 14.4 Å². The Kier molecular flexibility index (Phi) is 8.54. The normalized spacial score (nSPS) is 16.6. The maximum absolute atomic E-state index is 14.3. The Morgan fingerprint density at radius 2 is 1.93 bits per heavy atom. The van der Waals surface area contributed by atoms with E-state index in [-0.39, 0.29) is 30.7 Å². The molecular weight excluding hydrogens is 558 g/mol. The molecule has 0 aliphatic carbocycles. The lowest BCUT2D eigenvalue weighted by Gasteiger charge is -2.38. The number of benzene rings is 3. The number of nitrogens with zero attached hydrogens (tertiary/aromatic N) is 2. The quantitative estimate of drug-likeness (QED) is 0.312. The van der Waals surface area contributed by atoms with Crippen molar-refractivity contribution in [3.8, 4) is 17.2 Å². The number of nitrogens with one attached hydrogen (secondary N) is 1. The van der Waals surface area contributed by atoms with Crippen LogP contribution in [0.15, 0.2) is 66.9 Å². The molecule has 0 saturated carbocycles. The molecule has 1 aromatic heterocycles. The predicted octanol–water partition coefficient (Wildman–Crippen LogP) is 5.08. The fourth-order valence-corrected chi connectivity index (χ4v) is 6.18. The van der Waals surface area contributed by atoms with Gasteiger partial charge in [-0.15, -0.1) is 0 Å². The Bertz CT molecular complexity index is 1710. The van der Waals surface area contributed by atoms with Gasteiger partial charge in [-0.2, -0.15) is 0 Å². The molecule has 1 atom stereocenters. The first-order chi connectivity index (χ1) is 21.5. The zero-order chi connectivity index (χ0) is 30.6. The topological polar surface area (TPSA) is 99.1 Å². The van der Waals surface area contributed by atoms with Crippen molar-refractivity contribution in [2.45, 2.75) is 45.2 Å². The minimum absolute atomic E-state index is 0.0624. The minimum Gasteiger partial charge on any atom is -0.494 e. The van der Waals surface area contributed by atoms with Crippen LogP contribution in [0.3, 0.4) is 0 Å². The highest BCUT2D eigenvalue weighted by atomic mass is 16.5. The molecule has 4 heterocycles. The summed E-state index contributed by atoms with van der Waals surface area (Å²) in [6, 6.07) is 19.0. The smallest absolute Gasteiger partial charge is 0.257 e. The summed E-state index contributed by atoms with van der Waals surface area (Å²) in [4.78, 5) is 41.5. The van der Waals surface area contributed by atoms with E-state index in [4.69, 9.17) is 14.2 Å². The van der Waals surface area contributed by atoms with E-state index in [0.717, 1.165) is 34.0 Å². The Balaban J connectivity index is 1.41. The molecule has 0 radical (unpaired) electrons. The first-order valence-corrected chi connectivity index (χ1v) is 15.2. The number of ether oxygens (including phenoxy) is 3. The number of methoxy groups -OCH3 is 1. The molecule has 4 aromatic rings. The Morgan fingerprint density at radius 3 is 2.77 bits per heavy atom. The van der Waals surface area contributed by atoms with Crippen LogP contribution in [0.4, 0.5) is 0 Å². The number of rotatable bonds is 6. The molecule has 0 fully saturated rings. The first kappa shape index (κ1) is 29.3.